The highest BCUT2D eigenvalue weighted by Crippen LogP contribution is 2.67. The van der Waals surface area contributed by atoms with Gasteiger partial charge in [-0.3, -0.25) is 4.79 Å². The van der Waals surface area contributed by atoms with E-state index in [1.165, 1.54) is 0 Å². The molecule has 0 rings (SSSR count). The summed E-state index contributed by atoms with van der Waals surface area (Å²) in [6.45, 7) is 33.1. The molecular weight excluding hydrogens is 388 g/mol. The molecule has 1 nitrogen and oxygen atoms in total. The molecule has 0 aliphatic heterocycles. The summed E-state index contributed by atoms with van der Waals surface area (Å²) in [7, 11) is 0. The van der Waals surface area contributed by atoms with E-state index in [9.17, 15) is 0 Å². The average Bonchev–Trinajstić information content (AvgIpc) is 2.78. The van der Waals surface area contributed by atoms with Crippen LogP contribution < -0.4 is 0 Å². The molecule has 0 fully saturated rings. The largest absolute Gasteiger partial charge is 0.298 e. The van der Waals surface area contributed by atoms with Crippen LogP contribution in [0.1, 0.15) is 161 Å². The van der Waals surface area contributed by atoms with Gasteiger partial charge in [0.2, 0.25) is 0 Å². The van der Waals surface area contributed by atoms with E-state index in [0.29, 0.717) is 5.78 Å². The molecule has 0 aromatic rings. The maximum Gasteiger partial charge on any atom is 0.146 e. The summed E-state index contributed by atoms with van der Waals surface area (Å²) in [6, 6.07) is 0. The second-order valence-corrected chi connectivity index (χ2v) is 12.5. The number of hydrogen-bond acceptors (Lipinski definition) is 1. The zero-order chi connectivity index (χ0) is 25.6. The first-order chi connectivity index (χ1) is 14.6. The Balaban J connectivity index is 7.51. The standard InChI is InChI=1S/C31H62O/c1-15-23-30(21-7,28(13,19-5)26(9,10)17-3)25(32)31(22-8,24-16-2)29(14,20-6)27(11,12)18-4/h15-24H2,1-14H3. The summed E-state index contributed by atoms with van der Waals surface area (Å²) in [6.07, 6.45) is 10.4. The van der Waals surface area contributed by atoms with Crippen LogP contribution in [0.3, 0.4) is 0 Å². The predicted molar refractivity (Wildman–Crippen MR) is 145 cm³/mol. The molecule has 0 N–H and O–H groups in total. The Hall–Kier alpha value is -0.330. The topological polar surface area (TPSA) is 17.1 Å². The molecule has 0 saturated heterocycles. The third kappa shape index (κ3) is 4.49. The van der Waals surface area contributed by atoms with Crippen LogP contribution in [0.5, 0.6) is 0 Å². The summed E-state index contributed by atoms with van der Waals surface area (Å²) >= 11 is 0. The Morgan fingerprint density at radius 2 is 0.750 bits per heavy atom. The normalized spacial score (nSPS) is 20.7. The lowest BCUT2D eigenvalue weighted by atomic mass is 9.39. The van der Waals surface area contributed by atoms with Gasteiger partial charge in [0.15, 0.2) is 0 Å². The number of carbonyl (C=O) groups is 1. The molecular formula is C31H62O. The van der Waals surface area contributed by atoms with E-state index in [1.54, 1.807) is 0 Å². The fourth-order valence-corrected chi connectivity index (χ4v) is 7.76. The van der Waals surface area contributed by atoms with Gasteiger partial charge in [-0.25, -0.2) is 0 Å². The minimum Gasteiger partial charge on any atom is -0.298 e. The molecule has 0 radical (unpaired) electrons. The molecule has 0 spiro atoms. The zero-order valence-corrected chi connectivity index (χ0v) is 25.0. The summed E-state index contributed by atoms with van der Waals surface area (Å²) in [4.78, 5) is 15.5. The molecule has 0 amide bonds. The third-order valence-electron chi connectivity index (χ3n) is 11.7. The monoisotopic (exact) mass is 450 g/mol. The highest BCUT2D eigenvalue weighted by atomic mass is 16.1. The van der Waals surface area contributed by atoms with Crippen molar-refractivity contribution in [3.63, 3.8) is 0 Å². The van der Waals surface area contributed by atoms with Crippen molar-refractivity contribution in [3.05, 3.63) is 0 Å². The maximum absolute atomic E-state index is 15.5. The quantitative estimate of drug-likeness (QED) is 0.228. The second-order valence-electron chi connectivity index (χ2n) is 12.5. The van der Waals surface area contributed by atoms with Gasteiger partial charge in [-0.15, -0.1) is 0 Å². The Bertz CT molecular complexity index is 537. The molecule has 0 aromatic heterocycles. The van der Waals surface area contributed by atoms with E-state index < -0.39 is 0 Å². The summed E-state index contributed by atoms with van der Waals surface area (Å²) < 4.78 is 0. The fraction of sp³-hybridized carbons (Fsp3) is 0.968. The zero-order valence-electron chi connectivity index (χ0n) is 25.0. The van der Waals surface area contributed by atoms with E-state index in [1.807, 2.05) is 0 Å². The van der Waals surface area contributed by atoms with Crippen LogP contribution in [-0.2, 0) is 4.79 Å². The van der Waals surface area contributed by atoms with Crippen molar-refractivity contribution in [2.75, 3.05) is 0 Å². The summed E-state index contributed by atoms with van der Waals surface area (Å²) in [5.74, 6) is 0.607. The Morgan fingerprint density at radius 3 is 0.906 bits per heavy atom. The molecule has 4 unspecified atom stereocenters. The number of hydrogen-bond donors (Lipinski definition) is 0. The third-order valence-corrected chi connectivity index (χ3v) is 11.7. The summed E-state index contributed by atoms with van der Waals surface area (Å²) in [5, 5.41) is 0. The first kappa shape index (κ1) is 31.7. The minimum absolute atomic E-state index is 0.0320. The Kier molecular flexibility index (Phi) is 11.3. The molecule has 0 saturated carbocycles. The van der Waals surface area contributed by atoms with Crippen molar-refractivity contribution in [3.8, 4) is 0 Å². The molecule has 0 bridgehead atoms. The van der Waals surface area contributed by atoms with Gasteiger partial charge in [-0.05, 0) is 60.2 Å². The number of Topliss-reactive ketones (excluding diaryl/α,β-unsaturated/α-hetero) is 1. The molecule has 4 atom stereocenters. The fourth-order valence-electron chi connectivity index (χ4n) is 7.76. The van der Waals surface area contributed by atoms with Crippen molar-refractivity contribution in [2.45, 2.75) is 161 Å². The average molecular weight is 451 g/mol. The number of carbonyl (C=O) groups excluding carboxylic acids is 1. The Labute approximate surface area is 204 Å². The lowest BCUT2D eigenvalue weighted by Crippen LogP contribution is -2.62. The van der Waals surface area contributed by atoms with Crippen molar-refractivity contribution in [1.29, 1.82) is 0 Å². The van der Waals surface area contributed by atoms with E-state index in [0.717, 1.165) is 64.2 Å². The van der Waals surface area contributed by atoms with E-state index in [4.69, 9.17) is 0 Å². The van der Waals surface area contributed by atoms with Gasteiger partial charge < -0.3 is 0 Å². The van der Waals surface area contributed by atoms with Crippen LogP contribution in [0.15, 0.2) is 0 Å². The van der Waals surface area contributed by atoms with Crippen LogP contribution in [0, 0.1) is 32.5 Å². The molecule has 192 valence electrons. The van der Waals surface area contributed by atoms with Crippen LogP contribution in [0.25, 0.3) is 0 Å². The van der Waals surface area contributed by atoms with Gasteiger partial charge in [0.1, 0.15) is 5.78 Å². The molecule has 0 aliphatic carbocycles. The first-order valence-electron chi connectivity index (χ1n) is 14.2. The van der Waals surface area contributed by atoms with Gasteiger partial charge in [0.25, 0.3) is 0 Å². The lowest BCUT2D eigenvalue weighted by molar-refractivity contribution is -0.179. The highest BCUT2D eigenvalue weighted by molar-refractivity contribution is 5.92. The van der Waals surface area contributed by atoms with Crippen molar-refractivity contribution < 1.29 is 4.79 Å². The van der Waals surface area contributed by atoms with Gasteiger partial charge in [0.05, 0.1) is 0 Å². The van der Waals surface area contributed by atoms with E-state index >= 15 is 4.79 Å². The van der Waals surface area contributed by atoms with Gasteiger partial charge in [0, 0.05) is 10.8 Å². The van der Waals surface area contributed by atoms with Crippen molar-refractivity contribution in [1.82, 2.24) is 0 Å². The van der Waals surface area contributed by atoms with E-state index in [2.05, 4.69) is 96.9 Å². The van der Waals surface area contributed by atoms with Crippen molar-refractivity contribution in [2.24, 2.45) is 32.5 Å². The molecule has 0 aliphatic rings. The SMILES string of the molecule is CCCC(CC)(C(=O)C(CC)(CCC)C(C)(CC)C(C)(C)CC)C(C)(CC)C(C)(C)CC. The van der Waals surface area contributed by atoms with E-state index in [-0.39, 0.29) is 32.5 Å². The molecule has 0 heterocycles. The highest BCUT2D eigenvalue weighted by Gasteiger charge is 2.65. The summed E-state index contributed by atoms with van der Waals surface area (Å²) in [5.41, 5.74) is -0.428. The second kappa shape index (κ2) is 11.4. The van der Waals surface area contributed by atoms with Crippen LogP contribution in [-0.4, -0.2) is 5.78 Å². The van der Waals surface area contributed by atoms with Crippen LogP contribution >= 0.6 is 0 Å². The predicted octanol–water partition coefficient (Wildman–Crippen LogP) is 10.7. The number of ketones is 1. The van der Waals surface area contributed by atoms with Gasteiger partial charge in [-0.2, -0.15) is 0 Å². The van der Waals surface area contributed by atoms with Crippen LogP contribution in [0.4, 0.5) is 0 Å². The molecule has 0 aromatic carbocycles. The van der Waals surface area contributed by atoms with Gasteiger partial charge >= 0.3 is 0 Å². The number of rotatable bonds is 16. The minimum atomic E-state index is -0.290. The van der Waals surface area contributed by atoms with Crippen molar-refractivity contribution >= 4 is 5.78 Å². The van der Waals surface area contributed by atoms with Gasteiger partial charge in [-0.1, -0.05) is 123 Å². The molecule has 1 heteroatoms. The smallest absolute Gasteiger partial charge is 0.146 e. The van der Waals surface area contributed by atoms with Crippen LogP contribution in [0.2, 0.25) is 0 Å². The molecule has 32 heavy (non-hydrogen) atoms. The first-order valence-corrected chi connectivity index (χ1v) is 14.2. The Morgan fingerprint density at radius 1 is 0.469 bits per heavy atom. The lowest BCUT2D eigenvalue weighted by Gasteiger charge is -2.63. The maximum atomic E-state index is 15.5.